The number of fused-ring (bicyclic) bond motifs is 2. The second-order valence-electron chi connectivity index (χ2n) is 8.06. The predicted octanol–water partition coefficient (Wildman–Crippen LogP) is 5.12. The van der Waals surface area contributed by atoms with Crippen molar-refractivity contribution in [2.75, 3.05) is 38.0 Å². The number of halogens is 1. The monoisotopic (exact) mass is 431 g/mol. The number of piperazine rings is 1. The van der Waals surface area contributed by atoms with Crippen LogP contribution in [0.3, 0.4) is 0 Å². The van der Waals surface area contributed by atoms with Crippen molar-refractivity contribution in [1.29, 1.82) is 0 Å². The molecule has 5 rings (SSSR count). The van der Waals surface area contributed by atoms with Crippen LogP contribution in [0.5, 0.6) is 0 Å². The molecule has 3 heterocycles. The third kappa shape index (κ3) is 4.58. The molecule has 5 nitrogen and oxygen atoms in total. The van der Waals surface area contributed by atoms with E-state index >= 15 is 0 Å². The van der Waals surface area contributed by atoms with Gasteiger partial charge >= 0.3 is 0 Å². The second-order valence-corrected chi connectivity index (χ2v) is 8.50. The highest BCUT2D eigenvalue weighted by Gasteiger charge is 2.24. The number of hydrogen-bond acceptors (Lipinski definition) is 5. The molecule has 1 fully saturated rings. The number of amidine groups is 1. The minimum atomic E-state index is 0.702. The fourth-order valence-corrected chi connectivity index (χ4v) is 4.45. The maximum atomic E-state index is 6.27. The first-order valence-electron chi connectivity index (χ1n) is 10.9. The van der Waals surface area contributed by atoms with Gasteiger partial charge in [-0.15, -0.1) is 0 Å². The van der Waals surface area contributed by atoms with Crippen molar-refractivity contribution < 1.29 is 0 Å². The van der Waals surface area contributed by atoms with Gasteiger partial charge in [-0.1, -0.05) is 29.8 Å². The molecule has 3 aromatic rings. The summed E-state index contributed by atoms with van der Waals surface area (Å²) in [6, 6.07) is 18.4. The van der Waals surface area contributed by atoms with Gasteiger partial charge in [-0.3, -0.25) is 9.88 Å². The highest BCUT2D eigenvalue weighted by molar-refractivity contribution is 6.31. The van der Waals surface area contributed by atoms with Gasteiger partial charge in [0.2, 0.25) is 0 Å². The lowest BCUT2D eigenvalue weighted by atomic mass is 10.1. The number of nitrogens with zero attached hydrogens (tertiary/aromatic N) is 4. The van der Waals surface area contributed by atoms with E-state index in [0.717, 1.165) is 74.0 Å². The summed E-state index contributed by atoms with van der Waals surface area (Å²) < 4.78 is 0. The number of nitrogens with one attached hydrogen (secondary N) is 1. The van der Waals surface area contributed by atoms with Crippen LogP contribution in [0.25, 0.3) is 0 Å². The normalized spacial score (nSPS) is 16.0. The lowest BCUT2D eigenvalue weighted by Crippen LogP contribution is -2.49. The Labute approximate surface area is 188 Å². The van der Waals surface area contributed by atoms with Crippen LogP contribution in [0.1, 0.15) is 17.5 Å². The fourth-order valence-electron chi connectivity index (χ4n) is 4.29. The van der Waals surface area contributed by atoms with Crippen molar-refractivity contribution >= 4 is 34.5 Å². The van der Waals surface area contributed by atoms with Crippen molar-refractivity contribution in [2.45, 2.75) is 12.8 Å². The first-order chi connectivity index (χ1) is 15.3. The van der Waals surface area contributed by atoms with Crippen LogP contribution in [-0.4, -0.2) is 53.3 Å². The van der Waals surface area contributed by atoms with Gasteiger partial charge in [-0.25, -0.2) is 4.99 Å². The molecule has 0 amide bonds. The highest BCUT2D eigenvalue weighted by atomic mass is 35.5. The summed E-state index contributed by atoms with van der Waals surface area (Å²) in [6.07, 6.45) is 6.04. The zero-order valence-electron chi connectivity index (χ0n) is 17.5. The van der Waals surface area contributed by atoms with E-state index < -0.39 is 0 Å². The van der Waals surface area contributed by atoms with Crippen molar-refractivity contribution in [3.8, 4) is 0 Å². The van der Waals surface area contributed by atoms with E-state index in [4.69, 9.17) is 16.6 Å². The molecule has 1 saturated heterocycles. The van der Waals surface area contributed by atoms with Gasteiger partial charge in [0.1, 0.15) is 5.84 Å². The largest absolute Gasteiger partial charge is 0.353 e. The predicted molar refractivity (Wildman–Crippen MR) is 128 cm³/mol. The molecule has 0 spiro atoms. The van der Waals surface area contributed by atoms with E-state index in [2.05, 4.69) is 50.4 Å². The number of rotatable bonds is 4. The molecule has 0 aliphatic carbocycles. The first kappa shape index (κ1) is 20.0. The number of aryl methyl sites for hydroxylation is 1. The minimum absolute atomic E-state index is 0.702. The molecular weight excluding hydrogens is 406 g/mol. The molecule has 158 valence electrons. The van der Waals surface area contributed by atoms with Crippen LogP contribution < -0.4 is 5.32 Å². The zero-order valence-corrected chi connectivity index (χ0v) is 18.2. The Morgan fingerprint density at radius 1 is 0.935 bits per heavy atom. The number of benzene rings is 2. The average Bonchev–Trinajstić information content (AvgIpc) is 2.97. The Hall–Kier alpha value is -2.89. The van der Waals surface area contributed by atoms with E-state index in [0.29, 0.717) is 5.02 Å². The number of aromatic nitrogens is 1. The van der Waals surface area contributed by atoms with E-state index in [1.54, 1.807) is 0 Å². The van der Waals surface area contributed by atoms with Crippen LogP contribution in [-0.2, 0) is 6.42 Å². The van der Waals surface area contributed by atoms with Gasteiger partial charge in [-0.05, 0) is 61.3 Å². The summed E-state index contributed by atoms with van der Waals surface area (Å²) in [7, 11) is 0. The third-order valence-electron chi connectivity index (χ3n) is 5.96. The smallest absolute Gasteiger partial charge is 0.138 e. The van der Waals surface area contributed by atoms with Gasteiger partial charge in [0.05, 0.1) is 11.4 Å². The zero-order chi connectivity index (χ0) is 21.0. The molecular formula is C25H26ClN5. The number of para-hydroxylation sites is 1. The first-order valence-corrected chi connectivity index (χ1v) is 11.2. The van der Waals surface area contributed by atoms with Crippen LogP contribution in [0.15, 0.2) is 72.0 Å². The summed E-state index contributed by atoms with van der Waals surface area (Å²) >= 11 is 6.27. The maximum absolute atomic E-state index is 6.27. The quantitative estimate of drug-likeness (QED) is 0.622. The lowest BCUT2D eigenvalue weighted by molar-refractivity contribution is 0.181. The number of pyridine rings is 1. The van der Waals surface area contributed by atoms with Crippen LogP contribution in [0.4, 0.5) is 17.1 Å². The summed E-state index contributed by atoms with van der Waals surface area (Å²) in [5.74, 6) is 1.03. The second kappa shape index (κ2) is 9.08. The van der Waals surface area contributed by atoms with Crippen molar-refractivity contribution in [3.05, 3.63) is 83.1 Å². The lowest BCUT2D eigenvalue weighted by Gasteiger charge is -2.36. The van der Waals surface area contributed by atoms with Gasteiger partial charge in [0.15, 0.2) is 0 Å². The summed E-state index contributed by atoms with van der Waals surface area (Å²) in [6.45, 7) is 5.14. The minimum Gasteiger partial charge on any atom is -0.353 e. The van der Waals surface area contributed by atoms with Gasteiger partial charge in [-0.2, -0.15) is 0 Å². The van der Waals surface area contributed by atoms with Gasteiger partial charge < -0.3 is 10.2 Å². The Morgan fingerprint density at radius 2 is 1.81 bits per heavy atom. The molecule has 1 N–H and O–H groups in total. The van der Waals surface area contributed by atoms with Crippen LogP contribution >= 0.6 is 11.6 Å². The van der Waals surface area contributed by atoms with E-state index in [1.807, 2.05) is 36.7 Å². The molecule has 2 aliphatic heterocycles. The molecule has 2 aromatic carbocycles. The molecule has 0 saturated carbocycles. The molecule has 0 unspecified atom stereocenters. The molecule has 31 heavy (non-hydrogen) atoms. The molecule has 0 radical (unpaired) electrons. The van der Waals surface area contributed by atoms with E-state index in [1.165, 1.54) is 5.56 Å². The standard InChI is InChI=1S/C25H26ClN5/c26-20-9-10-23-24(17-20)29-25(21-7-1-2-8-22(21)28-23)31-15-13-30(14-16-31)12-4-6-19-5-3-11-27-18-19/h1-3,5,7-11,17-18,28H,4,6,12-16H2. The van der Waals surface area contributed by atoms with E-state index in [9.17, 15) is 0 Å². The van der Waals surface area contributed by atoms with Crippen LogP contribution in [0, 0.1) is 0 Å². The Morgan fingerprint density at radius 3 is 2.65 bits per heavy atom. The molecule has 0 atom stereocenters. The molecule has 0 bridgehead atoms. The van der Waals surface area contributed by atoms with E-state index in [-0.39, 0.29) is 0 Å². The SMILES string of the molecule is Clc1ccc2c(c1)N=C(N1CCN(CCCc3cccnc3)CC1)c1ccccc1N2. The Bertz CT molecular complexity index is 1070. The number of aliphatic imine (C=N–C) groups is 1. The third-order valence-corrected chi connectivity index (χ3v) is 6.19. The Balaban J connectivity index is 1.28. The van der Waals surface area contributed by atoms with Gasteiger partial charge in [0, 0.05) is 54.8 Å². The number of anilines is 2. The highest BCUT2D eigenvalue weighted by Crippen LogP contribution is 2.36. The molecule has 1 aromatic heterocycles. The van der Waals surface area contributed by atoms with Crippen LogP contribution in [0.2, 0.25) is 5.02 Å². The summed E-state index contributed by atoms with van der Waals surface area (Å²) in [5, 5.41) is 4.24. The Kier molecular flexibility index (Phi) is 5.87. The van der Waals surface area contributed by atoms with Crippen molar-refractivity contribution in [1.82, 2.24) is 14.8 Å². The topological polar surface area (TPSA) is 43.8 Å². The summed E-state index contributed by atoms with van der Waals surface area (Å²) in [5.41, 5.74) is 5.41. The molecule has 6 heteroatoms. The average molecular weight is 432 g/mol. The molecule has 2 aliphatic rings. The van der Waals surface area contributed by atoms with Gasteiger partial charge in [0.25, 0.3) is 0 Å². The fraction of sp³-hybridized carbons (Fsp3) is 0.280. The maximum Gasteiger partial charge on any atom is 0.138 e. The van der Waals surface area contributed by atoms with Crippen molar-refractivity contribution in [2.24, 2.45) is 4.99 Å². The van der Waals surface area contributed by atoms with Crippen molar-refractivity contribution in [3.63, 3.8) is 0 Å². The summed E-state index contributed by atoms with van der Waals surface area (Å²) in [4.78, 5) is 14.2. The number of hydrogen-bond donors (Lipinski definition) is 1.